The van der Waals surface area contributed by atoms with Crippen LogP contribution in [0.3, 0.4) is 0 Å². The summed E-state index contributed by atoms with van der Waals surface area (Å²) < 4.78 is 0. The number of nitrogens with one attached hydrogen (secondary N) is 1. The smallest absolute Gasteiger partial charge is 0.0958 e. The van der Waals surface area contributed by atoms with E-state index < -0.39 is 0 Å². The molecule has 0 aromatic rings. The Hall–Kier alpha value is -0.530. The van der Waals surface area contributed by atoms with E-state index in [1.165, 1.54) is 0 Å². The molecule has 0 aliphatic carbocycles. The van der Waals surface area contributed by atoms with Crippen LogP contribution in [0.25, 0.3) is 0 Å². The second-order valence-corrected chi connectivity index (χ2v) is 2.45. The zero-order valence-electron chi connectivity index (χ0n) is 5.44. The highest BCUT2D eigenvalue weighted by atomic mass is 15.2. The maximum Gasteiger partial charge on any atom is 0.0958 e. The van der Waals surface area contributed by atoms with Gasteiger partial charge in [0.05, 0.1) is 5.84 Å². The van der Waals surface area contributed by atoms with Crippen molar-refractivity contribution in [1.82, 2.24) is 4.90 Å². The second-order valence-electron chi connectivity index (χ2n) is 2.45. The minimum absolute atomic E-state index is 0.600. The Labute approximate surface area is 50.0 Å². The fraction of sp³-hybridized carbons (Fsp3) is 0.833. The zero-order chi connectivity index (χ0) is 6.15. The Morgan fingerprint density at radius 1 is 1.75 bits per heavy atom. The summed E-state index contributed by atoms with van der Waals surface area (Å²) in [5.74, 6) is 0.789. The Balaban J connectivity index is 2.56. The summed E-state index contributed by atoms with van der Waals surface area (Å²) in [5, 5.41) is 7.31. The normalized spacial score (nSPS) is 29.5. The molecule has 0 bridgehead atoms. The van der Waals surface area contributed by atoms with Gasteiger partial charge in [-0.1, -0.05) is 0 Å². The van der Waals surface area contributed by atoms with Crippen LogP contribution in [-0.4, -0.2) is 23.8 Å². The van der Waals surface area contributed by atoms with E-state index in [4.69, 9.17) is 5.41 Å². The third kappa shape index (κ3) is 0.703. The van der Waals surface area contributed by atoms with Gasteiger partial charge in [-0.15, -0.1) is 0 Å². The molecule has 1 fully saturated rings. The molecular weight excluding hydrogens is 100 g/mol. The van der Waals surface area contributed by atoms with Crippen LogP contribution in [0.5, 0.6) is 0 Å². The van der Waals surface area contributed by atoms with Crippen molar-refractivity contribution < 1.29 is 0 Å². The van der Waals surface area contributed by atoms with Gasteiger partial charge in [0.2, 0.25) is 0 Å². The number of nitrogens with zero attached hydrogens (tertiary/aromatic N) is 1. The lowest BCUT2D eigenvalue weighted by Gasteiger charge is -2.15. The zero-order valence-corrected chi connectivity index (χ0v) is 5.44. The lowest BCUT2D eigenvalue weighted by molar-refractivity contribution is 0.421. The molecule has 2 heteroatoms. The van der Waals surface area contributed by atoms with Crippen LogP contribution in [0.15, 0.2) is 0 Å². The van der Waals surface area contributed by atoms with Crippen LogP contribution < -0.4 is 0 Å². The summed E-state index contributed by atoms with van der Waals surface area (Å²) in [7, 11) is 1.99. The first-order chi connectivity index (χ1) is 3.72. The van der Waals surface area contributed by atoms with E-state index >= 15 is 0 Å². The highest BCUT2D eigenvalue weighted by molar-refractivity contribution is 5.81. The largest absolute Gasteiger partial charge is 0.361 e. The second kappa shape index (κ2) is 1.77. The molecule has 46 valence electrons. The van der Waals surface area contributed by atoms with Crippen molar-refractivity contribution in [1.29, 1.82) is 5.41 Å². The Morgan fingerprint density at radius 2 is 2.38 bits per heavy atom. The Bertz CT molecular complexity index is 109. The van der Waals surface area contributed by atoms with Crippen molar-refractivity contribution in [3.63, 3.8) is 0 Å². The van der Waals surface area contributed by atoms with Gasteiger partial charge in [0.25, 0.3) is 0 Å². The third-order valence-corrected chi connectivity index (χ3v) is 1.89. The molecule has 1 N–H and O–H groups in total. The number of likely N-dealkylation sites (tertiary alicyclic amines) is 1. The summed E-state index contributed by atoms with van der Waals surface area (Å²) in [5.41, 5.74) is 0. The molecular formula is C6H12N2. The van der Waals surface area contributed by atoms with Gasteiger partial charge in [-0.3, -0.25) is 5.41 Å². The SMILES string of the molecule is CC1CCC(=N)N1C. The topological polar surface area (TPSA) is 27.1 Å². The lowest BCUT2D eigenvalue weighted by atomic mass is 10.2. The average molecular weight is 112 g/mol. The summed E-state index contributed by atoms with van der Waals surface area (Å²) in [6.07, 6.45) is 2.13. The van der Waals surface area contributed by atoms with Crippen molar-refractivity contribution >= 4 is 5.84 Å². The number of rotatable bonds is 0. The predicted octanol–water partition coefficient (Wildman–Crippen LogP) is 1.08. The monoisotopic (exact) mass is 112 g/mol. The fourth-order valence-corrected chi connectivity index (χ4v) is 0.982. The van der Waals surface area contributed by atoms with Crippen LogP contribution >= 0.6 is 0 Å². The summed E-state index contributed by atoms with van der Waals surface area (Å²) in [4.78, 5) is 2.03. The molecule has 1 unspecified atom stereocenters. The van der Waals surface area contributed by atoms with Gasteiger partial charge in [0.15, 0.2) is 0 Å². The molecule has 0 aromatic heterocycles. The van der Waals surface area contributed by atoms with E-state index in [9.17, 15) is 0 Å². The number of hydrogen-bond donors (Lipinski definition) is 1. The maximum absolute atomic E-state index is 7.31. The van der Waals surface area contributed by atoms with Crippen LogP contribution in [0.1, 0.15) is 19.8 Å². The van der Waals surface area contributed by atoms with Gasteiger partial charge < -0.3 is 4.90 Å². The van der Waals surface area contributed by atoms with E-state index in [0.717, 1.165) is 18.7 Å². The molecule has 0 radical (unpaired) electrons. The van der Waals surface area contributed by atoms with Gasteiger partial charge in [0.1, 0.15) is 0 Å². The van der Waals surface area contributed by atoms with Crippen molar-refractivity contribution in [2.24, 2.45) is 0 Å². The third-order valence-electron chi connectivity index (χ3n) is 1.89. The molecule has 1 rings (SSSR count). The van der Waals surface area contributed by atoms with Crippen LogP contribution in [0, 0.1) is 5.41 Å². The molecule has 1 atom stereocenters. The minimum atomic E-state index is 0.600. The van der Waals surface area contributed by atoms with Crippen molar-refractivity contribution in [2.45, 2.75) is 25.8 Å². The Kier molecular flexibility index (Phi) is 1.24. The molecule has 0 saturated carbocycles. The minimum Gasteiger partial charge on any atom is -0.361 e. The van der Waals surface area contributed by atoms with Crippen LogP contribution in [0.2, 0.25) is 0 Å². The first-order valence-corrected chi connectivity index (χ1v) is 3.02. The van der Waals surface area contributed by atoms with Gasteiger partial charge in [-0.2, -0.15) is 0 Å². The number of hydrogen-bond acceptors (Lipinski definition) is 1. The van der Waals surface area contributed by atoms with Gasteiger partial charge in [0, 0.05) is 19.5 Å². The molecule has 1 aliphatic rings. The van der Waals surface area contributed by atoms with E-state index in [1.807, 2.05) is 11.9 Å². The van der Waals surface area contributed by atoms with Crippen molar-refractivity contribution in [3.8, 4) is 0 Å². The summed E-state index contributed by atoms with van der Waals surface area (Å²) in [6.45, 7) is 2.15. The van der Waals surface area contributed by atoms with Crippen LogP contribution in [-0.2, 0) is 0 Å². The quantitative estimate of drug-likeness (QED) is 0.498. The predicted molar refractivity (Wildman–Crippen MR) is 34.2 cm³/mol. The molecule has 1 aliphatic heterocycles. The average Bonchev–Trinajstić information content (AvgIpc) is 1.98. The Morgan fingerprint density at radius 3 is 2.50 bits per heavy atom. The van der Waals surface area contributed by atoms with E-state index in [-0.39, 0.29) is 0 Å². The standard InChI is InChI=1S/C6H12N2/c1-5-3-4-6(7)8(5)2/h5,7H,3-4H2,1-2H3. The van der Waals surface area contributed by atoms with E-state index in [0.29, 0.717) is 6.04 Å². The van der Waals surface area contributed by atoms with Crippen molar-refractivity contribution in [2.75, 3.05) is 7.05 Å². The summed E-state index contributed by atoms with van der Waals surface area (Å²) >= 11 is 0. The highest BCUT2D eigenvalue weighted by Crippen LogP contribution is 2.14. The first kappa shape index (κ1) is 5.60. The number of amidine groups is 1. The van der Waals surface area contributed by atoms with Crippen molar-refractivity contribution in [3.05, 3.63) is 0 Å². The molecule has 0 aromatic carbocycles. The van der Waals surface area contributed by atoms with Gasteiger partial charge in [-0.05, 0) is 13.3 Å². The molecule has 0 spiro atoms. The lowest BCUT2D eigenvalue weighted by Crippen LogP contribution is -2.25. The molecule has 2 nitrogen and oxygen atoms in total. The van der Waals surface area contributed by atoms with Gasteiger partial charge in [-0.25, -0.2) is 0 Å². The molecule has 1 saturated heterocycles. The van der Waals surface area contributed by atoms with E-state index in [1.54, 1.807) is 0 Å². The van der Waals surface area contributed by atoms with Crippen LogP contribution in [0.4, 0.5) is 0 Å². The van der Waals surface area contributed by atoms with E-state index in [2.05, 4.69) is 6.92 Å². The molecule has 0 amide bonds. The molecule has 8 heavy (non-hydrogen) atoms. The van der Waals surface area contributed by atoms with Gasteiger partial charge >= 0.3 is 0 Å². The fourth-order valence-electron chi connectivity index (χ4n) is 0.982. The maximum atomic E-state index is 7.31. The highest BCUT2D eigenvalue weighted by Gasteiger charge is 2.19. The summed E-state index contributed by atoms with van der Waals surface area (Å²) in [6, 6.07) is 0.600. The first-order valence-electron chi connectivity index (χ1n) is 3.02. The molecule has 1 heterocycles.